The summed E-state index contributed by atoms with van der Waals surface area (Å²) in [5, 5.41) is 4.65. The summed E-state index contributed by atoms with van der Waals surface area (Å²) in [7, 11) is 0. The van der Waals surface area contributed by atoms with Gasteiger partial charge in [-0.3, -0.25) is 0 Å². The first-order valence-electron chi connectivity index (χ1n) is 14.0. The normalized spacial score (nSPS) is 12.2. The maximum atomic E-state index is 6.65. The number of hydrogen-bond acceptors (Lipinski definition) is 2. The van der Waals surface area contributed by atoms with Gasteiger partial charge in [0.05, 0.1) is 0 Å². The average Bonchev–Trinajstić information content (AvgIpc) is 2.96. The summed E-state index contributed by atoms with van der Waals surface area (Å²) in [4.78, 5) is 0. The zero-order chi connectivity index (χ0) is 27.4. The van der Waals surface area contributed by atoms with Crippen LogP contribution in [0.15, 0.2) is 81.6 Å². The fourth-order valence-corrected chi connectivity index (χ4v) is 6.83. The highest BCUT2D eigenvalue weighted by Crippen LogP contribution is 2.51. The van der Waals surface area contributed by atoms with Crippen molar-refractivity contribution in [1.29, 1.82) is 0 Å². The third-order valence-electron chi connectivity index (χ3n) is 9.60. The molecule has 6 aromatic rings. The second kappa shape index (κ2) is 7.99. The highest BCUT2D eigenvalue weighted by atomic mass is 16.3. The molecule has 0 saturated heterocycles. The molecular weight excluding hydrogens is 488 g/mol. The quantitative estimate of drug-likeness (QED) is 0.168. The SMILES string of the molecule is Cc1ccc(-c2ccc3oc4ccc5c(-c6ccc(C)c(C)c6C)ccc6oc7ccc2c3c7-c4c65)c(C)c1C. The minimum atomic E-state index is 0.886. The van der Waals surface area contributed by atoms with Crippen LogP contribution in [0.3, 0.4) is 0 Å². The lowest BCUT2D eigenvalue weighted by atomic mass is 9.84. The Balaban J connectivity index is 1.49. The fourth-order valence-electron chi connectivity index (χ4n) is 6.83. The minimum Gasteiger partial charge on any atom is -0.456 e. The van der Waals surface area contributed by atoms with E-state index in [0.29, 0.717) is 0 Å². The first-order valence-corrected chi connectivity index (χ1v) is 14.0. The molecular formula is C38H30O2. The second-order valence-corrected chi connectivity index (χ2v) is 11.5. The Morgan fingerprint density at radius 1 is 0.350 bits per heavy atom. The molecule has 0 bridgehead atoms. The first kappa shape index (κ1) is 23.3. The molecule has 0 amide bonds. The Labute approximate surface area is 233 Å². The zero-order valence-electron chi connectivity index (χ0n) is 23.7. The van der Waals surface area contributed by atoms with Gasteiger partial charge in [0.15, 0.2) is 0 Å². The molecule has 40 heavy (non-hydrogen) atoms. The molecule has 2 heterocycles. The van der Waals surface area contributed by atoms with Gasteiger partial charge in [-0.05, 0) is 144 Å². The van der Waals surface area contributed by atoms with Crippen molar-refractivity contribution in [1.82, 2.24) is 0 Å². The Morgan fingerprint density at radius 3 is 1.15 bits per heavy atom. The predicted octanol–water partition coefficient (Wildman–Crippen LogP) is 11.2. The van der Waals surface area contributed by atoms with Crippen LogP contribution in [0.5, 0.6) is 0 Å². The Bertz CT molecular complexity index is 2110. The molecule has 0 aromatic heterocycles. The van der Waals surface area contributed by atoms with Gasteiger partial charge in [-0.15, -0.1) is 0 Å². The van der Waals surface area contributed by atoms with Crippen molar-refractivity contribution in [2.45, 2.75) is 41.5 Å². The van der Waals surface area contributed by atoms with Crippen LogP contribution in [0.4, 0.5) is 0 Å². The van der Waals surface area contributed by atoms with Crippen molar-refractivity contribution in [3.63, 3.8) is 0 Å². The van der Waals surface area contributed by atoms with Crippen molar-refractivity contribution in [2.75, 3.05) is 0 Å². The Morgan fingerprint density at radius 2 is 0.725 bits per heavy atom. The van der Waals surface area contributed by atoms with E-state index in [9.17, 15) is 0 Å². The van der Waals surface area contributed by atoms with E-state index in [0.717, 1.165) is 44.2 Å². The molecule has 0 radical (unpaired) electrons. The topological polar surface area (TPSA) is 26.3 Å². The van der Waals surface area contributed by atoms with E-state index in [-0.39, 0.29) is 0 Å². The molecule has 0 unspecified atom stereocenters. The number of benzene rings is 6. The molecule has 2 aliphatic rings. The second-order valence-electron chi connectivity index (χ2n) is 11.5. The molecule has 0 atom stereocenters. The van der Waals surface area contributed by atoms with Gasteiger partial charge >= 0.3 is 0 Å². The van der Waals surface area contributed by atoms with Crippen LogP contribution in [0.25, 0.3) is 77.3 Å². The van der Waals surface area contributed by atoms with Crippen LogP contribution in [0, 0.1) is 41.5 Å². The van der Waals surface area contributed by atoms with Crippen LogP contribution >= 0.6 is 0 Å². The summed E-state index contributed by atoms with van der Waals surface area (Å²) < 4.78 is 13.3. The molecule has 2 nitrogen and oxygen atoms in total. The van der Waals surface area contributed by atoms with Gasteiger partial charge in [0.2, 0.25) is 0 Å². The van der Waals surface area contributed by atoms with Gasteiger partial charge in [0.25, 0.3) is 0 Å². The largest absolute Gasteiger partial charge is 0.456 e. The molecule has 0 N–H and O–H groups in total. The van der Waals surface area contributed by atoms with Crippen LogP contribution in [0.2, 0.25) is 0 Å². The summed E-state index contributed by atoms with van der Waals surface area (Å²) in [6.45, 7) is 13.2. The van der Waals surface area contributed by atoms with E-state index in [1.54, 1.807) is 0 Å². The lowest BCUT2D eigenvalue weighted by molar-refractivity contribution is 0.646. The zero-order valence-corrected chi connectivity index (χ0v) is 23.7. The lowest BCUT2D eigenvalue weighted by Gasteiger charge is -2.22. The maximum absolute atomic E-state index is 6.65. The number of rotatable bonds is 2. The van der Waals surface area contributed by atoms with Gasteiger partial charge in [0, 0.05) is 21.9 Å². The Kier molecular flexibility index (Phi) is 4.66. The first-order chi connectivity index (χ1) is 19.3. The molecule has 6 aromatic carbocycles. The summed E-state index contributed by atoms with van der Waals surface area (Å²) in [5.74, 6) is 0. The fraction of sp³-hybridized carbons (Fsp3) is 0.158. The molecule has 8 rings (SSSR count). The van der Waals surface area contributed by atoms with Crippen LogP contribution in [-0.4, -0.2) is 0 Å². The highest BCUT2D eigenvalue weighted by Gasteiger charge is 2.26. The van der Waals surface area contributed by atoms with E-state index in [1.807, 2.05) is 0 Å². The van der Waals surface area contributed by atoms with Gasteiger partial charge in [-0.25, -0.2) is 0 Å². The smallest absolute Gasteiger partial charge is 0.136 e. The van der Waals surface area contributed by atoms with Gasteiger partial charge < -0.3 is 8.83 Å². The molecule has 194 valence electrons. The summed E-state index contributed by atoms with van der Waals surface area (Å²) in [5.41, 5.74) is 18.8. The van der Waals surface area contributed by atoms with Gasteiger partial charge in [0.1, 0.15) is 22.3 Å². The molecule has 2 aliphatic heterocycles. The summed E-state index contributed by atoms with van der Waals surface area (Å²) in [6.07, 6.45) is 0. The maximum Gasteiger partial charge on any atom is 0.136 e. The van der Waals surface area contributed by atoms with Crippen LogP contribution in [0.1, 0.15) is 33.4 Å². The van der Waals surface area contributed by atoms with Crippen molar-refractivity contribution in [2.24, 2.45) is 0 Å². The average molecular weight is 519 g/mol. The van der Waals surface area contributed by atoms with E-state index >= 15 is 0 Å². The number of hydrogen-bond donors (Lipinski definition) is 0. The van der Waals surface area contributed by atoms with E-state index in [1.165, 1.54) is 66.4 Å². The summed E-state index contributed by atoms with van der Waals surface area (Å²) >= 11 is 0. The lowest BCUT2D eigenvalue weighted by Crippen LogP contribution is -1.98. The van der Waals surface area contributed by atoms with Crippen molar-refractivity contribution < 1.29 is 8.83 Å². The van der Waals surface area contributed by atoms with E-state index < -0.39 is 0 Å². The predicted molar refractivity (Wildman–Crippen MR) is 168 cm³/mol. The van der Waals surface area contributed by atoms with Crippen molar-refractivity contribution in [3.05, 3.63) is 106 Å². The van der Waals surface area contributed by atoms with Crippen molar-refractivity contribution in [3.8, 4) is 33.4 Å². The standard InChI is InChI=1S/C38H30O2/c1-19-7-9-25(23(5)21(19)3)27-11-15-31-35-29(27)13-17-33-37(35)38-34(39-31)18-14-30-28(12-16-32(40-33)36(30)38)26-10-8-20(2)22(4)24(26)6/h7-18H,1-6H3. The van der Waals surface area contributed by atoms with E-state index in [2.05, 4.69) is 114 Å². The van der Waals surface area contributed by atoms with E-state index in [4.69, 9.17) is 8.83 Å². The van der Waals surface area contributed by atoms with Crippen LogP contribution in [-0.2, 0) is 0 Å². The minimum absolute atomic E-state index is 0.886. The molecule has 0 fully saturated rings. The molecule has 2 heteroatoms. The third-order valence-corrected chi connectivity index (χ3v) is 9.60. The van der Waals surface area contributed by atoms with Crippen molar-refractivity contribution >= 4 is 43.9 Å². The molecule has 0 spiro atoms. The molecule has 0 aliphatic carbocycles. The third kappa shape index (κ3) is 2.94. The monoisotopic (exact) mass is 518 g/mol. The molecule has 0 saturated carbocycles. The van der Waals surface area contributed by atoms with Gasteiger partial charge in [-0.2, -0.15) is 0 Å². The van der Waals surface area contributed by atoms with Crippen LogP contribution < -0.4 is 0 Å². The number of aryl methyl sites for hydroxylation is 2. The Hall–Kier alpha value is -4.56. The summed E-state index contributed by atoms with van der Waals surface area (Å²) in [6, 6.07) is 26.3. The highest BCUT2D eigenvalue weighted by molar-refractivity contribution is 6.26. The van der Waals surface area contributed by atoms with Gasteiger partial charge in [-0.1, -0.05) is 36.4 Å².